The predicted molar refractivity (Wildman–Crippen MR) is 203 cm³/mol. The number of hydrogen-bond donors (Lipinski definition) is 4. The summed E-state index contributed by atoms with van der Waals surface area (Å²) in [6, 6.07) is 0.358. The van der Waals surface area contributed by atoms with E-state index in [4.69, 9.17) is 0 Å². The molecule has 1 aliphatic heterocycles. The Morgan fingerprint density at radius 1 is 0.942 bits per heavy atom. The first-order chi connectivity index (χ1) is 24.6. The zero-order chi connectivity index (χ0) is 38.2. The molecule has 2 heterocycles. The number of allylic oxidation sites excluding steroid dienone is 2. The van der Waals surface area contributed by atoms with Gasteiger partial charge in [0.2, 0.25) is 17.6 Å². The van der Waals surface area contributed by atoms with Gasteiger partial charge in [-0.15, -0.1) is 24.5 Å². The molecule has 0 spiro atoms. The molecule has 52 heavy (non-hydrogen) atoms. The van der Waals surface area contributed by atoms with E-state index in [0.717, 1.165) is 44.1 Å². The SMILES string of the molecule is C=CCNC(=O)C(=O)C(CC1CCC1)NC(=O)[C@@H]1[C@@H](C(C)(C)C=C)CCN1C(=O)[C@@H](NC(=O)C(NC(=O)c1cccs1)=C1CCCCC1)C(C)(C)C. The van der Waals surface area contributed by atoms with Crippen molar-refractivity contribution in [3.05, 3.63) is 59.0 Å². The third kappa shape index (κ3) is 9.87. The molecule has 1 aromatic heterocycles. The molecule has 3 fully saturated rings. The van der Waals surface area contributed by atoms with Gasteiger partial charge < -0.3 is 26.2 Å². The van der Waals surface area contributed by atoms with E-state index in [2.05, 4.69) is 34.4 Å². The fraction of sp³-hybridized carbons (Fsp3) is 0.600. The van der Waals surface area contributed by atoms with Gasteiger partial charge in [0.1, 0.15) is 17.8 Å². The molecule has 0 aromatic carbocycles. The first-order valence-electron chi connectivity index (χ1n) is 18.6. The Hall–Kier alpha value is -4.06. The number of carbonyl (C=O) groups excluding carboxylic acids is 6. The second kappa shape index (κ2) is 17.6. The van der Waals surface area contributed by atoms with Crippen LogP contribution in [0.4, 0.5) is 0 Å². The van der Waals surface area contributed by atoms with Gasteiger partial charge in [0, 0.05) is 13.1 Å². The molecule has 4 rings (SSSR count). The fourth-order valence-corrected chi connectivity index (χ4v) is 8.01. The van der Waals surface area contributed by atoms with E-state index >= 15 is 0 Å². The molecule has 3 aliphatic rings. The molecule has 2 aliphatic carbocycles. The van der Waals surface area contributed by atoms with Crippen LogP contribution in [0.3, 0.4) is 0 Å². The average molecular weight is 736 g/mol. The molecule has 284 valence electrons. The van der Waals surface area contributed by atoms with E-state index in [1.165, 1.54) is 22.3 Å². The molecular formula is C40H57N5O6S. The summed E-state index contributed by atoms with van der Waals surface area (Å²) in [5.41, 5.74) is -0.337. The molecule has 4 N–H and O–H groups in total. The minimum Gasteiger partial charge on any atom is -0.346 e. The van der Waals surface area contributed by atoms with Crippen molar-refractivity contribution in [2.24, 2.45) is 22.7 Å². The number of hydrogen-bond acceptors (Lipinski definition) is 7. The Morgan fingerprint density at radius 2 is 1.63 bits per heavy atom. The first kappa shape index (κ1) is 40.7. The standard InChI is InChI=1S/C40H57N5O6S/c1-8-21-41-37(50)32(46)28(24-25-15-13-16-25)42-36(49)31-27(40(6,7)9-2)20-22-45(31)38(51)33(39(3,4)5)44-35(48)30(26-17-11-10-12-18-26)43-34(47)29-19-14-23-52-29/h8-9,14,19,23,25,27-28,31,33H,1-2,10-13,15-18,20-22,24H2,3-7H3,(H,41,50)(H,42,49)(H,43,47)(H,44,48)/t27-,28?,31-,33+/m0/s1. The normalized spacial score (nSPS) is 20.5. The molecule has 2 saturated carbocycles. The molecule has 12 heteroatoms. The topological polar surface area (TPSA) is 154 Å². The number of carbonyl (C=O) groups is 6. The highest BCUT2D eigenvalue weighted by Gasteiger charge is 2.51. The monoisotopic (exact) mass is 735 g/mol. The van der Waals surface area contributed by atoms with Crippen LogP contribution >= 0.6 is 11.3 Å². The zero-order valence-electron chi connectivity index (χ0n) is 31.5. The minimum absolute atomic E-state index is 0.116. The largest absolute Gasteiger partial charge is 0.346 e. The lowest BCUT2D eigenvalue weighted by Crippen LogP contribution is -2.61. The number of nitrogens with zero attached hydrogens (tertiary/aromatic N) is 1. The van der Waals surface area contributed by atoms with Crippen LogP contribution in [0, 0.1) is 22.7 Å². The van der Waals surface area contributed by atoms with Crippen LogP contribution in [0.1, 0.15) is 108 Å². The Labute approximate surface area is 312 Å². The predicted octanol–water partition coefficient (Wildman–Crippen LogP) is 5.20. The van der Waals surface area contributed by atoms with Gasteiger partial charge in [-0.1, -0.05) is 78.5 Å². The molecule has 1 saturated heterocycles. The van der Waals surface area contributed by atoms with Crippen molar-refractivity contribution in [1.29, 1.82) is 0 Å². The minimum atomic E-state index is -1.06. The highest BCUT2D eigenvalue weighted by atomic mass is 32.1. The number of nitrogens with one attached hydrogen (secondary N) is 4. The second-order valence-electron chi connectivity index (χ2n) is 16.1. The van der Waals surface area contributed by atoms with Crippen molar-refractivity contribution in [2.45, 2.75) is 117 Å². The van der Waals surface area contributed by atoms with Crippen LogP contribution in [0.5, 0.6) is 0 Å². The molecule has 1 unspecified atom stereocenters. The van der Waals surface area contributed by atoms with Gasteiger partial charge in [-0.3, -0.25) is 28.8 Å². The maximum Gasteiger partial charge on any atom is 0.289 e. The van der Waals surface area contributed by atoms with Crippen LogP contribution < -0.4 is 21.3 Å². The molecule has 0 radical (unpaired) electrons. The maximum absolute atomic E-state index is 14.8. The van der Waals surface area contributed by atoms with Gasteiger partial charge in [-0.05, 0) is 78.2 Å². The van der Waals surface area contributed by atoms with Crippen molar-refractivity contribution in [3.8, 4) is 0 Å². The van der Waals surface area contributed by atoms with Crippen LogP contribution in [0.25, 0.3) is 0 Å². The summed E-state index contributed by atoms with van der Waals surface area (Å²) >= 11 is 1.28. The van der Waals surface area contributed by atoms with Crippen molar-refractivity contribution in [3.63, 3.8) is 0 Å². The molecule has 0 bridgehead atoms. The Bertz CT molecular complexity index is 1550. The van der Waals surface area contributed by atoms with Crippen LogP contribution in [0.2, 0.25) is 0 Å². The Kier molecular flexibility index (Phi) is 13.8. The lowest BCUT2D eigenvalue weighted by molar-refractivity contribution is -0.146. The van der Waals surface area contributed by atoms with Gasteiger partial charge in [0.15, 0.2) is 0 Å². The van der Waals surface area contributed by atoms with Crippen LogP contribution in [-0.4, -0.2) is 71.4 Å². The lowest BCUT2D eigenvalue weighted by Gasteiger charge is -2.39. The van der Waals surface area contributed by atoms with E-state index in [-0.39, 0.29) is 36.5 Å². The lowest BCUT2D eigenvalue weighted by atomic mass is 9.74. The van der Waals surface area contributed by atoms with Crippen LogP contribution in [-0.2, 0) is 24.0 Å². The number of amides is 5. The summed E-state index contributed by atoms with van der Waals surface area (Å²) in [7, 11) is 0. The molecule has 4 atom stereocenters. The van der Waals surface area contributed by atoms with Gasteiger partial charge in [0.05, 0.1) is 10.9 Å². The summed E-state index contributed by atoms with van der Waals surface area (Å²) < 4.78 is 0. The molecule has 5 amide bonds. The van der Waals surface area contributed by atoms with E-state index in [0.29, 0.717) is 30.6 Å². The molecular weight excluding hydrogens is 679 g/mol. The zero-order valence-corrected chi connectivity index (χ0v) is 32.3. The van der Waals surface area contributed by atoms with Crippen molar-refractivity contribution >= 4 is 46.7 Å². The third-order valence-electron chi connectivity index (χ3n) is 10.9. The molecule has 11 nitrogen and oxygen atoms in total. The summed E-state index contributed by atoms with van der Waals surface area (Å²) in [6.45, 7) is 17.4. The van der Waals surface area contributed by atoms with E-state index in [1.807, 2.05) is 34.6 Å². The summed E-state index contributed by atoms with van der Waals surface area (Å²) in [4.78, 5) is 84.7. The number of thiophene rings is 1. The highest BCUT2D eigenvalue weighted by molar-refractivity contribution is 7.12. The third-order valence-corrected chi connectivity index (χ3v) is 11.8. The Balaban J connectivity index is 1.65. The number of rotatable bonds is 15. The van der Waals surface area contributed by atoms with Crippen molar-refractivity contribution < 1.29 is 28.8 Å². The summed E-state index contributed by atoms with van der Waals surface area (Å²) in [5.74, 6) is -3.57. The second-order valence-corrected chi connectivity index (χ2v) is 17.0. The first-order valence-corrected chi connectivity index (χ1v) is 19.5. The van der Waals surface area contributed by atoms with Crippen molar-refractivity contribution in [1.82, 2.24) is 26.2 Å². The summed E-state index contributed by atoms with van der Waals surface area (Å²) in [6.07, 6.45) is 11.1. The smallest absolute Gasteiger partial charge is 0.289 e. The number of ketones is 1. The maximum atomic E-state index is 14.8. The fourth-order valence-electron chi connectivity index (χ4n) is 7.39. The number of Topliss-reactive ketones (excluding diaryl/α,β-unsaturated/α-hetero) is 1. The van der Waals surface area contributed by atoms with Gasteiger partial charge >= 0.3 is 0 Å². The Morgan fingerprint density at radius 3 is 2.19 bits per heavy atom. The molecule has 1 aromatic rings. The highest BCUT2D eigenvalue weighted by Crippen LogP contribution is 2.41. The van der Waals surface area contributed by atoms with E-state index < -0.39 is 58.4 Å². The van der Waals surface area contributed by atoms with Crippen LogP contribution in [0.15, 0.2) is 54.1 Å². The number of likely N-dealkylation sites (tertiary alicyclic amines) is 1. The quantitative estimate of drug-likeness (QED) is 0.110. The van der Waals surface area contributed by atoms with Gasteiger partial charge in [0.25, 0.3) is 17.7 Å². The average Bonchev–Trinajstić information content (AvgIpc) is 3.80. The summed E-state index contributed by atoms with van der Waals surface area (Å²) in [5, 5.41) is 13.1. The van der Waals surface area contributed by atoms with Gasteiger partial charge in [-0.2, -0.15) is 0 Å². The van der Waals surface area contributed by atoms with Crippen molar-refractivity contribution in [2.75, 3.05) is 13.1 Å². The van der Waals surface area contributed by atoms with Gasteiger partial charge in [-0.25, -0.2) is 0 Å². The van der Waals surface area contributed by atoms with E-state index in [1.54, 1.807) is 23.6 Å². The van der Waals surface area contributed by atoms with E-state index in [9.17, 15) is 28.8 Å².